The first-order valence-corrected chi connectivity index (χ1v) is 7.13. The zero-order valence-corrected chi connectivity index (χ0v) is 11.6. The largest absolute Gasteiger partial charge is 0.412 e. The number of amides is 1. The molecule has 5 nitrogen and oxygen atoms in total. The van der Waals surface area contributed by atoms with Gasteiger partial charge in [0.05, 0.1) is 5.56 Å². The lowest BCUT2D eigenvalue weighted by Crippen LogP contribution is -2.32. The summed E-state index contributed by atoms with van der Waals surface area (Å²) < 4.78 is 19.0. The third-order valence-corrected chi connectivity index (χ3v) is 3.61. The van der Waals surface area contributed by atoms with Gasteiger partial charge in [-0.15, -0.1) is 10.2 Å². The van der Waals surface area contributed by atoms with Crippen molar-refractivity contribution in [1.29, 1.82) is 0 Å². The molecule has 21 heavy (non-hydrogen) atoms. The fourth-order valence-electron chi connectivity index (χ4n) is 2.46. The summed E-state index contributed by atoms with van der Waals surface area (Å²) in [6, 6.07) is 6.12. The van der Waals surface area contributed by atoms with Crippen molar-refractivity contribution < 1.29 is 13.6 Å². The predicted octanol–water partition coefficient (Wildman–Crippen LogP) is 2.89. The summed E-state index contributed by atoms with van der Waals surface area (Å²) in [7, 11) is 0. The van der Waals surface area contributed by atoms with Gasteiger partial charge >= 0.3 is 11.8 Å². The van der Waals surface area contributed by atoms with E-state index in [1.807, 2.05) is 0 Å². The lowest BCUT2D eigenvalue weighted by Gasteiger charge is -2.17. The van der Waals surface area contributed by atoms with Crippen molar-refractivity contribution in [2.24, 2.45) is 0 Å². The van der Waals surface area contributed by atoms with Crippen LogP contribution < -0.4 is 0 Å². The van der Waals surface area contributed by atoms with Crippen LogP contribution in [0.3, 0.4) is 0 Å². The summed E-state index contributed by atoms with van der Waals surface area (Å²) in [6.07, 6.45) is 4.24. The quantitative estimate of drug-likeness (QED) is 0.853. The average molecular weight is 289 g/mol. The van der Waals surface area contributed by atoms with Gasteiger partial charge in [0.2, 0.25) is 0 Å². The molecule has 1 aliphatic heterocycles. The van der Waals surface area contributed by atoms with Gasteiger partial charge in [0.1, 0.15) is 5.82 Å². The van der Waals surface area contributed by atoms with Crippen LogP contribution in [0.2, 0.25) is 0 Å². The van der Waals surface area contributed by atoms with Crippen LogP contribution in [0.15, 0.2) is 28.7 Å². The van der Waals surface area contributed by atoms with Crippen LogP contribution >= 0.6 is 0 Å². The molecule has 0 spiro atoms. The number of benzene rings is 1. The van der Waals surface area contributed by atoms with Gasteiger partial charge in [-0.1, -0.05) is 25.0 Å². The Morgan fingerprint density at radius 3 is 2.52 bits per heavy atom. The monoisotopic (exact) mass is 289 g/mol. The van der Waals surface area contributed by atoms with Gasteiger partial charge in [0.15, 0.2) is 0 Å². The molecular weight excluding hydrogens is 273 g/mol. The van der Waals surface area contributed by atoms with Crippen molar-refractivity contribution in [1.82, 2.24) is 15.1 Å². The normalized spacial score (nSPS) is 15.8. The smallest absolute Gasteiger partial charge is 0.311 e. The summed E-state index contributed by atoms with van der Waals surface area (Å²) in [6.45, 7) is 1.41. The van der Waals surface area contributed by atoms with Crippen LogP contribution in [0.4, 0.5) is 4.39 Å². The topological polar surface area (TPSA) is 59.2 Å². The highest BCUT2D eigenvalue weighted by atomic mass is 19.1. The Labute approximate surface area is 121 Å². The van der Waals surface area contributed by atoms with E-state index in [-0.39, 0.29) is 23.3 Å². The van der Waals surface area contributed by atoms with Crippen LogP contribution in [0, 0.1) is 5.82 Å². The number of carbonyl (C=O) groups excluding carboxylic acids is 1. The summed E-state index contributed by atoms with van der Waals surface area (Å²) in [5.41, 5.74) is 0.208. The van der Waals surface area contributed by atoms with Gasteiger partial charge in [-0.2, -0.15) is 0 Å². The minimum absolute atomic E-state index is 0.0336. The minimum Gasteiger partial charge on any atom is -0.412 e. The molecule has 0 aliphatic carbocycles. The van der Waals surface area contributed by atoms with E-state index in [0.29, 0.717) is 13.1 Å². The van der Waals surface area contributed by atoms with Gasteiger partial charge in [0.25, 0.3) is 5.89 Å². The van der Waals surface area contributed by atoms with E-state index in [9.17, 15) is 9.18 Å². The minimum atomic E-state index is -0.449. The maximum Gasteiger partial charge on any atom is 0.311 e. The highest BCUT2D eigenvalue weighted by Gasteiger charge is 2.23. The molecule has 1 saturated heterocycles. The van der Waals surface area contributed by atoms with Crippen LogP contribution in [0.25, 0.3) is 11.5 Å². The second-order valence-electron chi connectivity index (χ2n) is 5.10. The Bertz CT molecular complexity index is 633. The molecule has 0 N–H and O–H groups in total. The molecule has 6 heteroatoms. The van der Waals surface area contributed by atoms with E-state index in [1.165, 1.54) is 6.07 Å². The first-order chi connectivity index (χ1) is 10.3. The van der Waals surface area contributed by atoms with E-state index in [0.717, 1.165) is 25.7 Å². The van der Waals surface area contributed by atoms with Gasteiger partial charge in [-0.3, -0.25) is 4.79 Å². The van der Waals surface area contributed by atoms with E-state index in [2.05, 4.69) is 10.2 Å². The molecule has 2 aromatic rings. The number of halogens is 1. The lowest BCUT2D eigenvalue weighted by atomic mass is 10.2. The third-order valence-electron chi connectivity index (χ3n) is 3.61. The Hall–Kier alpha value is -2.24. The standard InChI is InChI=1S/C15H16FN3O2/c16-12-8-4-3-7-11(12)13-17-18-14(21-13)15(20)19-9-5-1-2-6-10-19/h3-4,7-8H,1-2,5-6,9-10H2. The summed E-state index contributed by atoms with van der Waals surface area (Å²) in [5, 5.41) is 7.55. The van der Waals surface area contributed by atoms with Gasteiger partial charge in [-0.25, -0.2) is 4.39 Å². The van der Waals surface area contributed by atoms with Crippen molar-refractivity contribution in [3.05, 3.63) is 36.0 Å². The Morgan fingerprint density at radius 2 is 1.81 bits per heavy atom. The van der Waals surface area contributed by atoms with E-state index in [1.54, 1.807) is 23.1 Å². The van der Waals surface area contributed by atoms with Crippen molar-refractivity contribution in [3.8, 4) is 11.5 Å². The van der Waals surface area contributed by atoms with Crippen LogP contribution in [0.5, 0.6) is 0 Å². The first-order valence-electron chi connectivity index (χ1n) is 7.13. The highest BCUT2D eigenvalue weighted by Crippen LogP contribution is 2.22. The molecule has 1 fully saturated rings. The molecule has 0 atom stereocenters. The molecule has 1 aromatic carbocycles. The molecule has 1 aliphatic rings. The first kappa shape index (κ1) is 13.7. The van der Waals surface area contributed by atoms with Crippen molar-refractivity contribution in [2.45, 2.75) is 25.7 Å². The zero-order valence-electron chi connectivity index (χ0n) is 11.6. The Balaban J connectivity index is 1.81. The number of hydrogen-bond acceptors (Lipinski definition) is 4. The molecule has 2 heterocycles. The number of nitrogens with zero attached hydrogens (tertiary/aromatic N) is 3. The van der Waals surface area contributed by atoms with Crippen molar-refractivity contribution in [2.75, 3.05) is 13.1 Å². The van der Waals surface area contributed by atoms with Crippen molar-refractivity contribution in [3.63, 3.8) is 0 Å². The fraction of sp³-hybridized carbons (Fsp3) is 0.400. The van der Waals surface area contributed by atoms with Crippen LogP contribution in [0.1, 0.15) is 36.4 Å². The number of hydrogen-bond donors (Lipinski definition) is 0. The maximum absolute atomic E-state index is 13.7. The molecule has 1 aromatic heterocycles. The van der Waals surface area contributed by atoms with E-state index >= 15 is 0 Å². The molecule has 0 saturated carbocycles. The van der Waals surface area contributed by atoms with E-state index in [4.69, 9.17) is 4.42 Å². The molecule has 0 radical (unpaired) electrons. The molecule has 1 amide bonds. The van der Waals surface area contributed by atoms with E-state index < -0.39 is 5.82 Å². The van der Waals surface area contributed by atoms with Gasteiger partial charge in [-0.05, 0) is 25.0 Å². The molecule has 110 valence electrons. The van der Waals surface area contributed by atoms with Crippen molar-refractivity contribution >= 4 is 5.91 Å². The summed E-state index contributed by atoms with van der Waals surface area (Å²) >= 11 is 0. The molecule has 0 unspecified atom stereocenters. The molecule has 0 bridgehead atoms. The highest BCUT2D eigenvalue weighted by molar-refractivity contribution is 5.89. The lowest BCUT2D eigenvalue weighted by molar-refractivity contribution is 0.0722. The Morgan fingerprint density at radius 1 is 1.10 bits per heavy atom. The summed E-state index contributed by atoms with van der Waals surface area (Å²) in [5.74, 6) is -0.761. The number of likely N-dealkylation sites (tertiary alicyclic amines) is 1. The second kappa shape index (κ2) is 6.03. The summed E-state index contributed by atoms with van der Waals surface area (Å²) in [4.78, 5) is 14.0. The molecule has 3 rings (SSSR count). The van der Waals surface area contributed by atoms with Gasteiger partial charge < -0.3 is 9.32 Å². The van der Waals surface area contributed by atoms with Gasteiger partial charge in [0, 0.05) is 13.1 Å². The molecular formula is C15H16FN3O2. The average Bonchev–Trinajstić information content (AvgIpc) is 2.82. The zero-order chi connectivity index (χ0) is 14.7. The SMILES string of the molecule is O=C(c1nnc(-c2ccccc2F)o1)N1CCCCCC1. The third kappa shape index (κ3) is 2.94. The second-order valence-corrected chi connectivity index (χ2v) is 5.10. The Kier molecular flexibility index (Phi) is 3.94. The van der Waals surface area contributed by atoms with Crippen LogP contribution in [-0.2, 0) is 0 Å². The number of aromatic nitrogens is 2. The number of carbonyl (C=O) groups is 1. The van der Waals surface area contributed by atoms with Crippen LogP contribution in [-0.4, -0.2) is 34.1 Å². The predicted molar refractivity (Wildman–Crippen MR) is 74.1 cm³/mol. The number of rotatable bonds is 2. The fourth-order valence-corrected chi connectivity index (χ4v) is 2.46. The maximum atomic E-state index is 13.7.